The van der Waals surface area contributed by atoms with Crippen molar-refractivity contribution in [1.82, 2.24) is 5.32 Å². The van der Waals surface area contributed by atoms with Crippen molar-refractivity contribution in [3.8, 4) is 0 Å². The molecule has 118 valence electrons. The van der Waals surface area contributed by atoms with Crippen LogP contribution in [0.1, 0.15) is 51.4 Å². The number of halogens is 4. The number of carbonyl (C=O) groups is 1. The number of alkyl halides is 3. The highest BCUT2D eigenvalue weighted by Crippen LogP contribution is 2.38. The van der Waals surface area contributed by atoms with Crippen LogP contribution < -0.4 is 11.1 Å². The van der Waals surface area contributed by atoms with Gasteiger partial charge < -0.3 is 11.1 Å². The van der Waals surface area contributed by atoms with Crippen LogP contribution in [0.4, 0.5) is 13.2 Å². The molecule has 0 aliphatic heterocycles. The third-order valence-electron chi connectivity index (χ3n) is 4.42. The first-order valence-corrected chi connectivity index (χ1v) is 6.98. The summed E-state index contributed by atoms with van der Waals surface area (Å²) in [5, 5.41) is 2.74. The van der Waals surface area contributed by atoms with Crippen LogP contribution in [0.2, 0.25) is 0 Å². The molecule has 3 nitrogen and oxygen atoms in total. The van der Waals surface area contributed by atoms with Crippen molar-refractivity contribution < 1.29 is 18.0 Å². The van der Waals surface area contributed by atoms with Crippen LogP contribution in [0.3, 0.4) is 0 Å². The predicted molar refractivity (Wildman–Crippen MR) is 72.6 cm³/mol. The Balaban J connectivity index is 0.00000200. The molecule has 0 heterocycles. The molecule has 7 heteroatoms. The predicted octanol–water partition coefficient (Wildman–Crippen LogP) is 2.92. The second-order valence-corrected chi connectivity index (χ2v) is 5.94. The molecule has 0 spiro atoms. The molecule has 2 saturated carbocycles. The van der Waals surface area contributed by atoms with Crippen molar-refractivity contribution in [3.05, 3.63) is 0 Å². The molecule has 2 aliphatic rings. The average Bonchev–Trinajstić information content (AvgIpc) is 2.77. The van der Waals surface area contributed by atoms with Gasteiger partial charge in [0.2, 0.25) is 5.91 Å². The maximum Gasteiger partial charge on any atom is 0.391 e. The fraction of sp³-hybridized carbons (Fsp3) is 0.923. The summed E-state index contributed by atoms with van der Waals surface area (Å²) >= 11 is 0. The molecular formula is C13H22ClF3N2O. The zero-order valence-electron chi connectivity index (χ0n) is 11.3. The first-order valence-electron chi connectivity index (χ1n) is 6.98. The number of hydrogen-bond acceptors (Lipinski definition) is 2. The van der Waals surface area contributed by atoms with Gasteiger partial charge in [0.15, 0.2) is 0 Å². The topological polar surface area (TPSA) is 55.1 Å². The van der Waals surface area contributed by atoms with E-state index in [2.05, 4.69) is 5.32 Å². The van der Waals surface area contributed by atoms with E-state index in [-0.39, 0.29) is 37.2 Å². The van der Waals surface area contributed by atoms with Crippen LogP contribution >= 0.6 is 12.4 Å². The number of amides is 1. The lowest BCUT2D eigenvalue weighted by Gasteiger charge is -2.33. The summed E-state index contributed by atoms with van der Waals surface area (Å²) in [4.78, 5) is 12.1. The highest BCUT2D eigenvalue weighted by molar-refractivity contribution is 5.86. The van der Waals surface area contributed by atoms with Crippen molar-refractivity contribution in [2.75, 3.05) is 0 Å². The van der Waals surface area contributed by atoms with E-state index >= 15 is 0 Å². The van der Waals surface area contributed by atoms with Crippen LogP contribution in [0, 0.1) is 5.92 Å². The molecule has 0 aromatic carbocycles. The van der Waals surface area contributed by atoms with Gasteiger partial charge in [-0.05, 0) is 32.1 Å². The summed E-state index contributed by atoms with van der Waals surface area (Å²) in [7, 11) is 0. The fourth-order valence-electron chi connectivity index (χ4n) is 3.18. The molecule has 2 atom stereocenters. The highest BCUT2D eigenvalue weighted by atomic mass is 35.5. The smallest absolute Gasteiger partial charge is 0.352 e. The third-order valence-corrected chi connectivity index (χ3v) is 4.42. The minimum Gasteiger partial charge on any atom is -0.352 e. The van der Waals surface area contributed by atoms with E-state index < -0.39 is 17.6 Å². The minimum atomic E-state index is -4.16. The van der Waals surface area contributed by atoms with Gasteiger partial charge in [-0.3, -0.25) is 4.79 Å². The SMILES string of the molecule is Cl.NC1(C(=O)NC2CCCC(C(F)(F)F)C2)CCCC1. The first kappa shape index (κ1) is 17.6. The monoisotopic (exact) mass is 314 g/mol. The summed E-state index contributed by atoms with van der Waals surface area (Å²) in [6.07, 6.45) is 0.231. The number of nitrogens with one attached hydrogen (secondary N) is 1. The highest BCUT2D eigenvalue weighted by Gasteiger charge is 2.44. The van der Waals surface area contributed by atoms with E-state index in [4.69, 9.17) is 5.73 Å². The Hall–Kier alpha value is -0.490. The Morgan fingerprint density at radius 2 is 1.75 bits per heavy atom. The zero-order chi connectivity index (χ0) is 14.1. The lowest BCUT2D eigenvalue weighted by Crippen LogP contribution is -2.55. The van der Waals surface area contributed by atoms with Crippen LogP contribution in [0.15, 0.2) is 0 Å². The van der Waals surface area contributed by atoms with E-state index in [9.17, 15) is 18.0 Å². The molecule has 0 aromatic heterocycles. The van der Waals surface area contributed by atoms with Crippen molar-refractivity contribution in [3.63, 3.8) is 0 Å². The van der Waals surface area contributed by atoms with Crippen LogP contribution in [-0.4, -0.2) is 23.7 Å². The van der Waals surface area contributed by atoms with Crippen molar-refractivity contribution >= 4 is 18.3 Å². The second kappa shape index (κ2) is 6.52. The Bertz CT molecular complexity index is 343. The molecule has 2 unspecified atom stereocenters. The molecule has 0 radical (unpaired) electrons. The Morgan fingerprint density at radius 1 is 1.15 bits per heavy atom. The van der Waals surface area contributed by atoms with Gasteiger partial charge >= 0.3 is 6.18 Å². The van der Waals surface area contributed by atoms with E-state index in [0.29, 0.717) is 25.7 Å². The van der Waals surface area contributed by atoms with Crippen LogP contribution in [0.5, 0.6) is 0 Å². The van der Waals surface area contributed by atoms with Gasteiger partial charge in [-0.1, -0.05) is 19.3 Å². The lowest BCUT2D eigenvalue weighted by atomic mass is 9.84. The third kappa shape index (κ3) is 4.01. The molecule has 20 heavy (non-hydrogen) atoms. The first-order chi connectivity index (χ1) is 8.81. The van der Waals surface area contributed by atoms with Crippen LogP contribution in [-0.2, 0) is 4.79 Å². The molecule has 3 N–H and O–H groups in total. The van der Waals surface area contributed by atoms with Gasteiger partial charge in [-0.25, -0.2) is 0 Å². The van der Waals surface area contributed by atoms with Crippen molar-refractivity contribution in [2.24, 2.45) is 11.7 Å². The van der Waals surface area contributed by atoms with E-state index in [1.807, 2.05) is 0 Å². The molecule has 2 aliphatic carbocycles. The summed E-state index contributed by atoms with van der Waals surface area (Å²) in [6.45, 7) is 0. The van der Waals surface area contributed by atoms with Gasteiger partial charge in [0, 0.05) is 6.04 Å². The number of rotatable bonds is 2. The summed E-state index contributed by atoms with van der Waals surface area (Å²) < 4.78 is 38.1. The molecule has 2 fully saturated rings. The molecule has 2 rings (SSSR count). The molecule has 0 saturated heterocycles. The second-order valence-electron chi connectivity index (χ2n) is 5.94. The molecule has 1 amide bonds. The number of hydrogen-bond donors (Lipinski definition) is 2. The Morgan fingerprint density at radius 3 is 2.30 bits per heavy atom. The van der Waals surface area contributed by atoms with Gasteiger partial charge in [0.1, 0.15) is 0 Å². The van der Waals surface area contributed by atoms with Gasteiger partial charge in [0.25, 0.3) is 0 Å². The minimum absolute atomic E-state index is 0. The van der Waals surface area contributed by atoms with Crippen molar-refractivity contribution in [1.29, 1.82) is 0 Å². The fourth-order valence-corrected chi connectivity index (χ4v) is 3.18. The van der Waals surface area contributed by atoms with Gasteiger partial charge in [-0.2, -0.15) is 13.2 Å². The van der Waals surface area contributed by atoms with Gasteiger partial charge in [-0.15, -0.1) is 12.4 Å². The van der Waals surface area contributed by atoms with Gasteiger partial charge in [0.05, 0.1) is 11.5 Å². The lowest BCUT2D eigenvalue weighted by molar-refractivity contribution is -0.184. The Kier molecular flexibility index (Phi) is 5.72. The van der Waals surface area contributed by atoms with E-state index in [0.717, 1.165) is 12.8 Å². The standard InChI is InChI=1S/C13H21F3N2O.ClH/c14-13(15,16)9-4-3-5-10(8-9)18-11(19)12(17)6-1-2-7-12;/h9-10H,1-8,17H2,(H,18,19);1H. The normalized spacial score (nSPS) is 29.6. The average molecular weight is 315 g/mol. The molecular weight excluding hydrogens is 293 g/mol. The molecule has 0 bridgehead atoms. The van der Waals surface area contributed by atoms with Crippen molar-refractivity contribution in [2.45, 2.75) is 69.1 Å². The summed E-state index contributed by atoms with van der Waals surface area (Å²) in [6, 6.07) is -0.381. The Labute approximate surface area is 123 Å². The molecule has 0 aromatic rings. The summed E-state index contributed by atoms with van der Waals surface area (Å²) in [5.41, 5.74) is 5.15. The van der Waals surface area contributed by atoms with Crippen LogP contribution in [0.25, 0.3) is 0 Å². The number of carbonyl (C=O) groups excluding carboxylic acids is 1. The quantitative estimate of drug-likeness (QED) is 0.823. The zero-order valence-corrected chi connectivity index (χ0v) is 12.2. The van der Waals surface area contributed by atoms with E-state index in [1.54, 1.807) is 0 Å². The maximum absolute atomic E-state index is 12.7. The van der Waals surface area contributed by atoms with E-state index in [1.165, 1.54) is 0 Å². The number of nitrogens with two attached hydrogens (primary N) is 1. The maximum atomic E-state index is 12.7. The largest absolute Gasteiger partial charge is 0.391 e. The summed E-state index contributed by atoms with van der Waals surface area (Å²) in [5.74, 6) is -1.55.